The molecule has 1 unspecified atom stereocenters. The van der Waals surface area contributed by atoms with Crippen LogP contribution >= 0.6 is 0 Å². The van der Waals surface area contributed by atoms with Crippen LogP contribution in [0.3, 0.4) is 0 Å². The lowest BCUT2D eigenvalue weighted by Gasteiger charge is -2.21. The van der Waals surface area contributed by atoms with Gasteiger partial charge in [-0.3, -0.25) is 4.79 Å². The minimum absolute atomic E-state index is 0.0646. The van der Waals surface area contributed by atoms with E-state index in [9.17, 15) is 4.79 Å². The molecule has 6 heteroatoms. The molecule has 0 radical (unpaired) electrons. The first-order valence-electron chi connectivity index (χ1n) is 6.32. The first kappa shape index (κ1) is 12.1. The van der Waals surface area contributed by atoms with Gasteiger partial charge in [-0.15, -0.1) is 0 Å². The van der Waals surface area contributed by atoms with Crippen molar-refractivity contribution in [2.24, 2.45) is 5.92 Å². The van der Waals surface area contributed by atoms with Crippen molar-refractivity contribution < 1.29 is 19.0 Å². The van der Waals surface area contributed by atoms with Gasteiger partial charge in [-0.1, -0.05) is 0 Å². The van der Waals surface area contributed by atoms with E-state index in [1.165, 1.54) is 0 Å². The highest BCUT2D eigenvalue weighted by Gasteiger charge is 2.23. The molecule has 1 fully saturated rings. The summed E-state index contributed by atoms with van der Waals surface area (Å²) in [5.41, 5.74) is 6.91. The topological polar surface area (TPSA) is 82.8 Å². The molecule has 102 valence electrons. The Hall–Kier alpha value is -1.95. The fraction of sp³-hybridized carbons (Fsp3) is 0.462. The molecule has 0 spiro atoms. The Kier molecular flexibility index (Phi) is 3.16. The normalized spacial score (nSPS) is 21.2. The maximum absolute atomic E-state index is 12.1. The van der Waals surface area contributed by atoms with Gasteiger partial charge in [0.25, 0.3) is 0 Å². The van der Waals surface area contributed by atoms with Crippen LogP contribution in [0.5, 0.6) is 11.5 Å². The van der Waals surface area contributed by atoms with E-state index in [0.717, 1.165) is 19.4 Å². The molecule has 2 heterocycles. The standard InChI is InChI=1S/C13H16N2O4/c14-9-4-11-12(19-7-18-11)5-10(9)15-13(16)8-2-1-3-17-6-8/h4-5,8H,1-3,6-7,14H2,(H,15,16). The minimum atomic E-state index is -0.112. The Labute approximate surface area is 110 Å². The Balaban J connectivity index is 1.74. The van der Waals surface area contributed by atoms with E-state index >= 15 is 0 Å². The monoisotopic (exact) mass is 264 g/mol. The van der Waals surface area contributed by atoms with Crippen molar-refractivity contribution in [1.29, 1.82) is 0 Å². The number of benzene rings is 1. The zero-order valence-corrected chi connectivity index (χ0v) is 10.5. The number of anilines is 2. The van der Waals surface area contributed by atoms with Crippen LogP contribution in [0, 0.1) is 5.92 Å². The third-order valence-electron chi connectivity index (χ3n) is 3.33. The second-order valence-corrected chi connectivity index (χ2v) is 4.70. The number of fused-ring (bicyclic) bond motifs is 1. The van der Waals surface area contributed by atoms with Gasteiger partial charge in [0, 0.05) is 18.7 Å². The molecule has 1 amide bonds. The number of nitrogens with one attached hydrogen (secondary N) is 1. The lowest BCUT2D eigenvalue weighted by atomic mass is 10.0. The van der Waals surface area contributed by atoms with E-state index in [2.05, 4.69) is 5.32 Å². The van der Waals surface area contributed by atoms with Crippen molar-refractivity contribution in [3.8, 4) is 11.5 Å². The first-order chi connectivity index (χ1) is 9.24. The molecule has 0 bridgehead atoms. The smallest absolute Gasteiger partial charge is 0.231 e. The van der Waals surface area contributed by atoms with Crippen molar-refractivity contribution >= 4 is 17.3 Å². The number of hydrogen-bond acceptors (Lipinski definition) is 5. The molecule has 1 saturated heterocycles. The van der Waals surface area contributed by atoms with E-state index in [1.54, 1.807) is 12.1 Å². The Morgan fingerprint density at radius 1 is 1.32 bits per heavy atom. The first-order valence-corrected chi connectivity index (χ1v) is 6.32. The summed E-state index contributed by atoms with van der Waals surface area (Å²) in [5, 5.41) is 2.83. The van der Waals surface area contributed by atoms with Gasteiger partial charge < -0.3 is 25.3 Å². The summed E-state index contributed by atoms with van der Waals surface area (Å²) in [6, 6.07) is 3.36. The summed E-state index contributed by atoms with van der Waals surface area (Å²) in [6.07, 6.45) is 1.75. The Morgan fingerprint density at radius 3 is 2.84 bits per heavy atom. The highest BCUT2D eigenvalue weighted by molar-refractivity contribution is 5.96. The molecule has 2 aliphatic heterocycles. The molecular weight excluding hydrogens is 248 g/mol. The predicted octanol–water partition coefficient (Wildman–Crippen LogP) is 1.36. The number of amides is 1. The van der Waals surface area contributed by atoms with E-state index in [1.807, 2.05) is 0 Å². The van der Waals surface area contributed by atoms with Gasteiger partial charge in [0.1, 0.15) is 0 Å². The highest BCUT2D eigenvalue weighted by Crippen LogP contribution is 2.38. The number of carbonyl (C=O) groups excluding carboxylic acids is 1. The lowest BCUT2D eigenvalue weighted by molar-refractivity contribution is -0.123. The third kappa shape index (κ3) is 2.44. The summed E-state index contributed by atoms with van der Waals surface area (Å²) in [6.45, 7) is 1.38. The maximum Gasteiger partial charge on any atom is 0.231 e. The molecule has 1 aromatic rings. The lowest BCUT2D eigenvalue weighted by Crippen LogP contribution is -2.30. The van der Waals surface area contributed by atoms with Crippen molar-refractivity contribution in [1.82, 2.24) is 0 Å². The second kappa shape index (κ2) is 4.97. The molecular formula is C13H16N2O4. The van der Waals surface area contributed by atoms with E-state index in [0.29, 0.717) is 29.5 Å². The number of rotatable bonds is 2. The number of nitrogens with two attached hydrogens (primary N) is 1. The summed E-state index contributed by atoms with van der Waals surface area (Å²) < 4.78 is 15.8. The Morgan fingerprint density at radius 2 is 2.11 bits per heavy atom. The van der Waals surface area contributed by atoms with Crippen LogP contribution in [0.4, 0.5) is 11.4 Å². The van der Waals surface area contributed by atoms with Gasteiger partial charge in [0.2, 0.25) is 12.7 Å². The van der Waals surface area contributed by atoms with E-state index in [4.69, 9.17) is 19.9 Å². The molecule has 0 aromatic heterocycles. The SMILES string of the molecule is Nc1cc2c(cc1NC(=O)C1CCCOC1)OCO2. The van der Waals surface area contributed by atoms with Gasteiger partial charge in [-0.2, -0.15) is 0 Å². The van der Waals surface area contributed by atoms with E-state index < -0.39 is 0 Å². The second-order valence-electron chi connectivity index (χ2n) is 4.70. The van der Waals surface area contributed by atoms with Gasteiger partial charge in [-0.05, 0) is 12.8 Å². The average Bonchev–Trinajstić information content (AvgIpc) is 2.87. The zero-order valence-electron chi connectivity index (χ0n) is 10.5. The number of hydrogen-bond donors (Lipinski definition) is 2. The zero-order chi connectivity index (χ0) is 13.2. The van der Waals surface area contributed by atoms with Crippen molar-refractivity contribution in [2.75, 3.05) is 31.1 Å². The summed E-state index contributed by atoms with van der Waals surface area (Å²) in [4.78, 5) is 12.1. The van der Waals surface area contributed by atoms with Crippen LogP contribution in [0.15, 0.2) is 12.1 Å². The number of carbonyl (C=O) groups is 1. The number of ether oxygens (including phenoxy) is 3. The van der Waals surface area contributed by atoms with Crippen molar-refractivity contribution in [3.05, 3.63) is 12.1 Å². The largest absolute Gasteiger partial charge is 0.454 e. The van der Waals surface area contributed by atoms with Crippen molar-refractivity contribution in [2.45, 2.75) is 12.8 Å². The summed E-state index contributed by atoms with van der Waals surface area (Å²) >= 11 is 0. The molecule has 3 N–H and O–H groups in total. The van der Waals surface area contributed by atoms with Crippen LogP contribution < -0.4 is 20.5 Å². The fourth-order valence-electron chi connectivity index (χ4n) is 2.25. The molecule has 6 nitrogen and oxygen atoms in total. The van der Waals surface area contributed by atoms with Crippen LogP contribution in [0.1, 0.15) is 12.8 Å². The summed E-state index contributed by atoms with van der Waals surface area (Å²) in [5.74, 6) is 1.03. The molecule has 0 aliphatic carbocycles. The molecule has 1 atom stereocenters. The van der Waals surface area contributed by atoms with Crippen LogP contribution in [-0.4, -0.2) is 25.9 Å². The van der Waals surface area contributed by atoms with Crippen molar-refractivity contribution in [3.63, 3.8) is 0 Å². The molecule has 19 heavy (non-hydrogen) atoms. The van der Waals surface area contributed by atoms with Crippen LogP contribution in [0.25, 0.3) is 0 Å². The fourth-order valence-corrected chi connectivity index (χ4v) is 2.25. The molecule has 1 aromatic carbocycles. The van der Waals surface area contributed by atoms with Crippen LogP contribution in [-0.2, 0) is 9.53 Å². The van der Waals surface area contributed by atoms with Gasteiger partial charge in [0.05, 0.1) is 23.9 Å². The highest BCUT2D eigenvalue weighted by atomic mass is 16.7. The van der Waals surface area contributed by atoms with Gasteiger partial charge in [-0.25, -0.2) is 0 Å². The quantitative estimate of drug-likeness (QED) is 0.788. The predicted molar refractivity (Wildman–Crippen MR) is 69.2 cm³/mol. The minimum Gasteiger partial charge on any atom is -0.454 e. The van der Waals surface area contributed by atoms with Crippen LogP contribution in [0.2, 0.25) is 0 Å². The van der Waals surface area contributed by atoms with Gasteiger partial charge in [0.15, 0.2) is 11.5 Å². The average molecular weight is 264 g/mol. The summed E-state index contributed by atoms with van der Waals surface area (Å²) in [7, 11) is 0. The molecule has 3 rings (SSSR count). The Bertz CT molecular complexity index is 498. The van der Waals surface area contributed by atoms with E-state index in [-0.39, 0.29) is 18.6 Å². The van der Waals surface area contributed by atoms with Gasteiger partial charge >= 0.3 is 0 Å². The maximum atomic E-state index is 12.1. The third-order valence-corrected chi connectivity index (χ3v) is 3.33. The molecule has 2 aliphatic rings. The number of nitrogen functional groups attached to an aromatic ring is 1. The molecule has 0 saturated carbocycles.